The lowest BCUT2D eigenvalue weighted by Crippen LogP contribution is -2.31. The van der Waals surface area contributed by atoms with Crippen LogP contribution in [-0.4, -0.2) is 19.4 Å². The summed E-state index contributed by atoms with van der Waals surface area (Å²) in [6.45, 7) is 3.46. The summed E-state index contributed by atoms with van der Waals surface area (Å²) in [5.74, 6) is 5.20. The second-order valence-corrected chi connectivity index (χ2v) is 4.91. The van der Waals surface area contributed by atoms with Gasteiger partial charge in [-0.25, -0.2) is 18.1 Å². The van der Waals surface area contributed by atoms with Gasteiger partial charge in [0.1, 0.15) is 0 Å². The Labute approximate surface area is 88.9 Å². The second kappa shape index (κ2) is 4.56. The normalized spacial score (nSPS) is 11.7. The summed E-state index contributed by atoms with van der Waals surface area (Å²) >= 11 is 0. The second-order valence-electron chi connectivity index (χ2n) is 3.28. The maximum Gasteiger partial charge on any atom is 0.260 e. The van der Waals surface area contributed by atoms with Crippen molar-refractivity contribution < 1.29 is 8.42 Å². The molecule has 0 radical (unpaired) electrons. The Bertz CT molecular complexity index is 430. The molecule has 0 spiro atoms. The first kappa shape index (κ1) is 11.9. The summed E-state index contributed by atoms with van der Waals surface area (Å²) in [6.07, 6.45) is 1.40. The number of sulfonamides is 1. The Morgan fingerprint density at radius 3 is 2.67 bits per heavy atom. The molecule has 1 aromatic rings. The first-order valence-corrected chi connectivity index (χ1v) is 5.89. The molecule has 0 fully saturated rings. The largest absolute Gasteiger partial charge is 0.321 e. The number of pyridine rings is 1. The molecule has 0 atom stereocenters. The highest BCUT2D eigenvalue weighted by Gasteiger charge is 2.20. The fraction of sp³-hybridized carbons (Fsp3) is 0.375. The molecule has 0 aliphatic rings. The van der Waals surface area contributed by atoms with E-state index in [1.807, 2.05) is 0 Å². The van der Waals surface area contributed by atoms with Crippen molar-refractivity contribution in [1.29, 1.82) is 0 Å². The van der Waals surface area contributed by atoms with E-state index in [9.17, 15) is 8.42 Å². The number of nitrogens with one attached hydrogen (secondary N) is 2. The first-order chi connectivity index (χ1) is 6.97. The van der Waals surface area contributed by atoms with Crippen molar-refractivity contribution in [2.24, 2.45) is 5.84 Å². The molecule has 0 aliphatic carbocycles. The maximum absolute atomic E-state index is 11.8. The molecule has 0 aliphatic heterocycles. The summed E-state index contributed by atoms with van der Waals surface area (Å²) in [4.78, 5) is 3.78. The Morgan fingerprint density at radius 2 is 2.13 bits per heavy atom. The molecule has 0 amide bonds. The number of nitrogens with two attached hydrogens (primary N) is 1. The lowest BCUT2D eigenvalue weighted by molar-refractivity contribution is 0.566. The van der Waals surface area contributed by atoms with Gasteiger partial charge >= 0.3 is 0 Å². The number of rotatable bonds is 4. The van der Waals surface area contributed by atoms with Crippen LogP contribution in [0.25, 0.3) is 0 Å². The van der Waals surface area contributed by atoms with E-state index in [-0.39, 0.29) is 16.8 Å². The zero-order chi connectivity index (χ0) is 11.5. The third-order valence-corrected chi connectivity index (χ3v) is 3.19. The summed E-state index contributed by atoms with van der Waals surface area (Å²) in [6, 6.07) is 2.95. The van der Waals surface area contributed by atoms with E-state index in [0.29, 0.717) is 0 Å². The molecule has 7 heteroatoms. The van der Waals surface area contributed by atoms with Crippen LogP contribution in [0.15, 0.2) is 23.4 Å². The monoisotopic (exact) mass is 230 g/mol. The summed E-state index contributed by atoms with van der Waals surface area (Å²) in [5.41, 5.74) is 2.56. The minimum Gasteiger partial charge on any atom is -0.321 e. The van der Waals surface area contributed by atoms with Gasteiger partial charge in [0.05, 0.1) is 5.69 Å². The van der Waals surface area contributed by atoms with Gasteiger partial charge in [0.2, 0.25) is 0 Å². The number of nitrogens with zero attached hydrogens (tertiary/aromatic N) is 1. The predicted octanol–water partition coefficient (Wildman–Crippen LogP) is 0.0539. The molecular weight excluding hydrogens is 216 g/mol. The zero-order valence-corrected chi connectivity index (χ0v) is 9.38. The Kier molecular flexibility index (Phi) is 3.61. The standard InChI is InChI=1S/C8H14N4O2S/c1-6(2)12-15(13,14)8-7(11-9)4-3-5-10-8/h3-6,11-12H,9H2,1-2H3. The van der Waals surface area contributed by atoms with Crippen LogP contribution in [-0.2, 0) is 10.0 Å². The van der Waals surface area contributed by atoms with Crippen LogP contribution < -0.4 is 16.0 Å². The number of hydrogen-bond donors (Lipinski definition) is 3. The number of aromatic nitrogens is 1. The molecule has 1 rings (SSSR count). The van der Waals surface area contributed by atoms with Crippen LogP contribution in [0.2, 0.25) is 0 Å². The summed E-state index contributed by atoms with van der Waals surface area (Å²) in [5, 5.41) is -0.0961. The minimum atomic E-state index is -3.61. The van der Waals surface area contributed by atoms with E-state index >= 15 is 0 Å². The van der Waals surface area contributed by atoms with Crippen molar-refractivity contribution in [3.05, 3.63) is 18.3 Å². The van der Waals surface area contributed by atoms with Crippen LogP contribution in [0.1, 0.15) is 13.8 Å². The topological polar surface area (TPSA) is 97.1 Å². The number of hydrazine groups is 1. The maximum atomic E-state index is 11.8. The van der Waals surface area contributed by atoms with Crippen LogP contribution in [0, 0.1) is 0 Å². The third kappa shape index (κ3) is 2.88. The molecule has 6 nitrogen and oxygen atoms in total. The Hall–Kier alpha value is -1.18. The van der Waals surface area contributed by atoms with Gasteiger partial charge < -0.3 is 5.43 Å². The Morgan fingerprint density at radius 1 is 1.47 bits per heavy atom. The minimum absolute atomic E-state index is 0.0961. The van der Waals surface area contributed by atoms with E-state index in [1.165, 1.54) is 6.20 Å². The average Bonchev–Trinajstić information content (AvgIpc) is 2.16. The lowest BCUT2D eigenvalue weighted by atomic mass is 10.4. The molecule has 0 aromatic carbocycles. The van der Waals surface area contributed by atoms with Crippen molar-refractivity contribution in [3.63, 3.8) is 0 Å². The molecular formula is C8H14N4O2S. The highest BCUT2D eigenvalue weighted by Crippen LogP contribution is 2.16. The van der Waals surface area contributed by atoms with Gasteiger partial charge in [-0.05, 0) is 26.0 Å². The van der Waals surface area contributed by atoms with E-state index < -0.39 is 10.0 Å². The summed E-state index contributed by atoms with van der Waals surface area (Å²) < 4.78 is 25.9. The molecule has 0 unspecified atom stereocenters. The number of anilines is 1. The van der Waals surface area contributed by atoms with Gasteiger partial charge in [0.25, 0.3) is 10.0 Å². The molecule has 15 heavy (non-hydrogen) atoms. The third-order valence-electron chi connectivity index (χ3n) is 1.57. The van der Waals surface area contributed by atoms with Crippen molar-refractivity contribution in [2.45, 2.75) is 24.9 Å². The van der Waals surface area contributed by atoms with Gasteiger partial charge in [0.15, 0.2) is 5.03 Å². The quantitative estimate of drug-likeness (QED) is 0.502. The molecule has 1 heterocycles. The van der Waals surface area contributed by atoms with E-state index in [4.69, 9.17) is 5.84 Å². The fourth-order valence-corrected chi connectivity index (χ4v) is 2.43. The molecule has 84 valence electrons. The average molecular weight is 230 g/mol. The van der Waals surface area contributed by atoms with Crippen LogP contribution in [0.3, 0.4) is 0 Å². The SMILES string of the molecule is CC(C)NS(=O)(=O)c1ncccc1NN. The Balaban J connectivity index is 3.15. The molecule has 4 N–H and O–H groups in total. The molecule has 0 saturated carbocycles. The fourth-order valence-electron chi connectivity index (χ4n) is 1.08. The van der Waals surface area contributed by atoms with Gasteiger partial charge in [-0.3, -0.25) is 5.84 Å². The van der Waals surface area contributed by atoms with Crippen molar-refractivity contribution in [2.75, 3.05) is 5.43 Å². The van der Waals surface area contributed by atoms with Crippen molar-refractivity contribution in [3.8, 4) is 0 Å². The van der Waals surface area contributed by atoms with Crippen molar-refractivity contribution in [1.82, 2.24) is 9.71 Å². The molecule has 0 bridgehead atoms. The predicted molar refractivity (Wildman–Crippen MR) is 57.5 cm³/mol. The van der Waals surface area contributed by atoms with E-state index in [2.05, 4.69) is 15.1 Å². The zero-order valence-electron chi connectivity index (χ0n) is 8.56. The van der Waals surface area contributed by atoms with Crippen LogP contribution in [0.5, 0.6) is 0 Å². The smallest absolute Gasteiger partial charge is 0.260 e. The lowest BCUT2D eigenvalue weighted by Gasteiger charge is -2.11. The first-order valence-electron chi connectivity index (χ1n) is 4.41. The molecule has 1 aromatic heterocycles. The highest BCUT2D eigenvalue weighted by atomic mass is 32.2. The number of nitrogen functional groups attached to an aromatic ring is 1. The van der Waals surface area contributed by atoms with Crippen molar-refractivity contribution >= 4 is 15.7 Å². The van der Waals surface area contributed by atoms with E-state index in [0.717, 1.165) is 0 Å². The molecule has 0 saturated heterocycles. The van der Waals surface area contributed by atoms with E-state index in [1.54, 1.807) is 26.0 Å². The van der Waals surface area contributed by atoms with Crippen LogP contribution >= 0.6 is 0 Å². The van der Waals surface area contributed by atoms with Gasteiger partial charge in [0, 0.05) is 12.2 Å². The van der Waals surface area contributed by atoms with Gasteiger partial charge in [-0.15, -0.1) is 0 Å². The summed E-state index contributed by atoms with van der Waals surface area (Å²) in [7, 11) is -3.61. The van der Waals surface area contributed by atoms with Crippen LogP contribution in [0.4, 0.5) is 5.69 Å². The number of hydrogen-bond acceptors (Lipinski definition) is 5. The van der Waals surface area contributed by atoms with Gasteiger partial charge in [-0.2, -0.15) is 0 Å². The highest BCUT2D eigenvalue weighted by molar-refractivity contribution is 7.89. The van der Waals surface area contributed by atoms with Gasteiger partial charge in [-0.1, -0.05) is 0 Å².